The number of carbonyl (C=O) groups excluding carboxylic acids is 2. The minimum absolute atomic E-state index is 0.0295. The zero-order chi connectivity index (χ0) is 19.9. The van der Waals surface area contributed by atoms with Gasteiger partial charge in [0.15, 0.2) is 17.5 Å². The highest BCUT2D eigenvalue weighted by molar-refractivity contribution is 5.92. The third kappa shape index (κ3) is 1.40. The largest absolute Gasteiger partial charge is 0.458 e. The second-order valence-corrected chi connectivity index (χ2v) is 10.6. The molecule has 28 heavy (non-hydrogen) atoms. The minimum Gasteiger partial charge on any atom is -0.458 e. The van der Waals surface area contributed by atoms with Gasteiger partial charge in [-0.25, -0.2) is 4.79 Å². The summed E-state index contributed by atoms with van der Waals surface area (Å²) in [7, 11) is 0. The number of ether oxygens (including phenoxy) is 3. The molecule has 3 aliphatic heterocycles. The van der Waals surface area contributed by atoms with Gasteiger partial charge in [0.2, 0.25) is 0 Å². The van der Waals surface area contributed by atoms with E-state index in [-0.39, 0.29) is 35.4 Å². The number of carbonyl (C=O) groups is 2. The van der Waals surface area contributed by atoms with Crippen molar-refractivity contribution < 1.29 is 28.9 Å². The third-order valence-corrected chi connectivity index (χ3v) is 9.87. The van der Waals surface area contributed by atoms with Crippen molar-refractivity contribution in [2.75, 3.05) is 6.61 Å². The van der Waals surface area contributed by atoms with Crippen molar-refractivity contribution >= 4 is 12.3 Å². The number of hydrogen-bond acceptors (Lipinski definition) is 6. The fourth-order valence-corrected chi connectivity index (χ4v) is 7.87. The molecule has 2 spiro atoms. The van der Waals surface area contributed by atoms with Gasteiger partial charge >= 0.3 is 5.97 Å². The Kier molecular flexibility index (Phi) is 2.88. The summed E-state index contributed by atoms with van der Waals surface area (Å²) in [6.45, 7) is 8.70. The van der Waals surface area contributed by atoms with E-state index in [1.54, 1.807) is 0 Å². The zero-order valence-corrected chi connectivity index (χ0v) is 16.9. The molecule has 2 saturated heterocycles. The van der Waals surface area contributed by atoms with E-state index in [0.29, 0.717) is 25.9 Å². The lowest BCUT2D eigenvalue weighted by Crippen LogP contribution is -2.75. The summed E-state index contributed by atoms with van der Waals surface area (Å²) in [6, 6.07) is 0. The van der Waals surface area contributed by atoms with E-state index < -0.39 is 22.2 Å². The summed E-state index contributed by atoms with van der Waals surface area (Å²) in [4.78, 5) is 24.6. The predicted octanol–water partition coefficient (Wildman–Crippen LogP) is 1.93. The van der Waals surface area contributed by atoms with E-state index in [9.17, 15) is 14.7 Å². The highest BCUT2D eigenvalue weighted by atomic mass is 16.7. The average molecular weight is 388 g/mol. The highest BCUT2D eigenvalue weighted by Crippen LogP contribution is 2.82. The Morgan fingerprint density at radius 3 is 2.57 bits per heavy atom. The third-order valence-electron chi connectivity index (χ3n) is 9.87. The molecule has 0 unspecified atom stereocenters. The summed E-state index contributed by atoms with van der Waals surface area (Å²) in [5, 5.41) is 11.9. The van der Waals surface area contributed by atoms with Gasteiger partial charge in [0.25, 0.3) is 0 Å². The van der Waals surface area contributed by atoms with Crippen LogP contribution >= 0.6 is 0 Å². The maximum Gasteiger partial charge on any atom is 0.334 e. The van der Waals surface area contributed by atoms with Gasteiger partial charge in [0.05, 0.1) is 12.2 Å². The van der Waals surface area contributed by atoms with Gasteiger partial charge in [-0.05, 0) is 43.1 Å². The quantitative estimate of drug-likeness (QED) is 0.442. The van der Waals surface area contributed by atoms with Gasteiger partial charge < -0.3 is 19.3 Å². The second-order valence-electron chi connectivity index (χ2n) is 10.6. The first-order chi connectivity index (χ1) is 13.1. The summed E-state index contributed by atoms with van der Waals surface area (Å²) >= 11 is 0. The van der Waals surface area contributed by atoms with Crippen LogP contribution in [0.1, 0.15) is 53.4 Å². The van der Waals surface area contributed by atoms with E-state index in [4.69, 9.17) is 14.2 Å². The second kappa shape index (κ2) is 4.57. The molecule has 0 aromatic carbocycles. The lowest BCUT2D eigenvalue weighted by atomic mass is 9.41. The van der Waals surface area contributed by atoms with Crippen LogP contribution in [0.2, 0.25) is 0 Å². The van der Waals surface area contributed by atoms with Crippen molar-refractivity contribution in [2.24, 2.45) is 22.7 Å². The van der Waals surface area contributed by atoms with E-state index in [1.165, 1.54) is 0 Å². The molecule has 0 aromatic rings. The molecule has 0 amide bonds. The van der Waals surface area contributed by atoms with Crippen molar-refractivity contribution in [3.8, 4) is 0 Å². The number of epoxide rings is 2. The molecule has 1 N–H and O–H groups in total. The molecule has 8 atom stereocenters. The molecule has 6 aliphatic rings. The molecule has 0 aromatic heterocycles. The molecule has 6 nitrogen and oxygen atoms in total. The van der Waals surface area contributed by atoms with E-state index in [2.05, 4.69) is 20.8 Å². The van der Waals surface area contributed by atoms with Crippen LogP contribution in [0, 0.1) is 22.7 Å². The Morgan fingerprint density at radius 1 is 1.18 bits per heavy atom. The van der Waals surface area contributed by atoms with Crippen LogP contribution < -0.4 is 0 Å². The number of aliphatic hydroxyl groups is 1. The van der Waals surface area contributed by atoms with Gasteiger partial charge in [0, 0.05) is 16.4 Å². The molecule has 0 radical (unpaired) electrons. The van der Waals surface area contributed by atoms with Gasteiger partial charge in [-0.2, -0.15) is 0 Å². The highest BCUT2D eigenvalue weighted by Gasteiger charge is 2.97. The van der Waals surface area contributed by atoms with Crippen LogP contribution in [0.15, 0.2) is 11.1 Å². The topological polar surface area (TPSA) is 88.7 Å². The molecule has 6 rings (SSSR count). The minimum atomic E-state index is -1.59. The molecule has 3 aliphatic carbocycles. The summed E-state index contributed by atoms with van der Waals surface area (Å²) in [6.07, 6.45) is 3.28. The molecule has 152 valence electrons. The Hall–Kier alpha value is -1.24. The number of fused-ring (bicyclic) bond motifs is 2. The Labute approximate surface area is 164 Å². The smallest absolute Gasteiger partial charge is 0.334 e. The van der Waals surface area contributed by atoms with Crippen molar-refractivity contribution in [3.63, 3.8) is 0 Å². The maximum atomic E-state index is 12.5. The van der Waals surface area contributed by atoms with Gasteiger partial charge in [-0.15, -0.1) is 0 Å². The van der Waals surface area contributed by atoms with Crippen LogP contribution in [0.5, 0.6) is 0 Å². The van der Waals surface area contributed by atoms with Crippen molar-refractivity contribution in [2.45, 2.75) is 82.4 Å². The number of cyclic esters (lactones) is 1. The van der Waals surface area contributed by atoms with Crippen LogP contribution in [-0.2, 0) is 23.8 Å². The van der Waals surface area contributed by atoms with Gasteiger partial charge in [-0.1, -0.05) is 27.7 Å². The molecule has 4 fully saturated rings. The fourth-order valence-electron chi connectivity index (χ4n) is 7.87. The first kappa shape index (κ1) is 17.6. The standard InChI is InChI=1S/C22H28O6/c1-11(2)19(4)8-16-21(28-16)18(3)6-5-12-13(9-26-17(12)24)14(18)7-15-22(21,27-15)20(19,25)10-23/h10-11,14-16,25H,5-9H2,1-4H3/t14-,15-,16-,18-,19-,20-,21+,22+/m0/s1. The predicted molar refractivity (Wildman–Crippen MR) is 97.2 cm³/mol. The molecule has 3 heterocycles. The molecular formula is C22H28O6. The zero-order valence-electron chi connectivity index (χ0n) is 16.9. The Bertz CT molecular complexity index is 863. The molecular weight excluding hydrogens is 360 g/mol. The first-order valence-electron chi connectivity index (χ1n) is 10.6. The molecule has 0 bridgehead atoms. The first-order valence-corrected chi connectivity index (χ1v) is 10.6. The Morgan fingerprint density at radius 2 is 1.89 bits per heavy atom. The van der Waals surface area contributed by atoms with Gasteiger partial charge in [-0.3, -0.25) is 4.79 Å². The maximum absolute atomic E-state index is 12.5. The average Bonchev–Trinajstić information content (AvgIpc) is 3.52. The SMILES string of the molecule is CC(C)[C@]1(C)C[C@@H]2O[C@]23[C@]2(O[C@H]2C[C@H]2C4=C(CC[C@@]23C)C(=O)OC4)[C@]1(O)C=O. The van der Waals surface area contributed by atoms with Crippen molar-refractivity contribution in [1.82, 2.24) is 0 Å². The summed E-state index contributed by atoms with van der Waals surface area (Å²) < 4.78 is 18.2. The van der Waals surface area contributed by atoms with Crippen molar-refractivity contribution in [3.05, 3.63) is 11.1 Å². The number of hydrogen-bond donors (Lipinski definition) is 1. The summed E-state index contributed by atoms with van der Waals surface area (Å²) in [5.41, 5.74) is -2.19. The van der Waals surface area contributed by atoms with E-state index in [0.717, 1.165) is 23.9 Å². The monoisotopic (exact) mass is 388 g/mol. The van der Waals surface area contributed by atoms with Crippen molar-refractivity contribution in [1.29, 1.82) is 0 Å². The van der Waals surface area contributed by atoms with Crippen LogP contribution in [0.25, 0.3) is 0 Å². The van der Waals surface area contributed by atoms with Crippen LogP contribution in [0.4, 0.5) is 0 Å². The van der Waals surface area contributed by atoms with E-state index >= 15 is 0 Å². The molecule has 2 saturated carbocycles. The normalized spacial score (nSPS) is 58.2. The number of esters is 1. The number of aldehydes is 1. The lowest BCUT2D eigenvalue weighted by Gasteiger charge is -2.59. The van der Waals surface area contributed by atoms with Crippen LogP contribution in [-0.4, -0.2) is 53.0 Å². The number of rotatable bonds is 2. The molecule has 6 heteroatoms. The summed E-state index contributed by atoms with van der Waals surface area (Å²) in [5.74, 6) is 0.0561. The van der Waals surface area contributed by atoms with Gasteiger partial charge in [0.1, 0.15) is 12.2 Å². The Balaban J connectivity index is 1.53. The van der Waals surface area contributed by atoms with Crippen LogP contribution in [0.3, 0.4) is 0 Å². The van der Waals surface area contributed by atoms with E-state index in [1.807, 2.05) is 6.92 Å². The fraction of sp³-hybridized carbons (Fsp3) is 0.818. The lowest BCUT2D eigenvalue weighted by molar-refractivity contribution is -0.195.